The van der Waals surface area contributed by atoms with E-state index in [4.69, 9.17) is 0 Å². The van der Waals surface area contributed by atoms with Crippen LogP contribution in [0.25, 0.3) is 0 Å². The van der Waals surface area contributed by atoms with Crippen LogP contribution in [0.1, 0.15) is 47.5 Å². The molecule has 0 aliphatic heterocycles. The minimum atomic E-state index is -0.463. The molecule has 0 radical (unpaired) electrons. The molecule has 0 bridgehead atoms. The van der Waals surface area contributed by atoms with E-state index in [1.165, 1.54) is 0 Å². The van der Waals surface area contributed by atoms with Crippen LogP contribution in [0.5, 0.6) is 0 Å². The normalized spacial score (nSPS) is 13.6. The van der Waals surface area contributed by atoms with E-state index < -0.39 is 6.10 Å². The largest absolute Gasteiger partial charge is 0.391 e. The van der Waals surface area contributed by atoms with E-state index in [-0.39, 0.29) is 17.0 Å². The van der Waals surface area contributed by atoms with Gasteiger partial charge in [0.05, 0.1) is 6.10 Å². The second kappa shape index (κ2) is 6.88. The summed E-state index contributed by atoms with van der Waals surface area (Å²) in [5.74, 6) is 0.545. The minimum Gasteiger partial charge on any atom is -0.391 e. The van der Waals surface area contributed by atoms with E-state index in [9.17, 15) is 9.90 Å². The Morgan fingerprint density at radius 2 is 1.95 bits per heavy atom. The second-order valence-corrected chi connectivity index (χ2v) is 6.15. The monoisotopic (exact) mass is 281 g/mol. The third-order valence-corrected chi connectivity index (χ3v) is 3.64. The summed E-state index contributed by atoms with van der Waals surface area (Å²) in [6.45, 7) is 10.4. The molecule has 1 rings (SSSR count). The number of hydrogen-bond donors (Lipinski definition) is 2. The molecule has 2 N–H and O–H groups in total. The Morgan fingerprint density at radius 3 is 2.45 bits per heavy atom. The van der Waals surface area contributed by atoms with Gasteiger partial charge in [0.25, 0.3) is 5.56 Å². The third-order valence-electron chi connectivity index (χ3n) is 3.64. The van der Waals surface area contributed by atoms with Crippen molar-refractivity contribution in [2.24, 2.45) is 5.92 Å². The van der Waals surface area contributed by atoms with Gasteiger partial charge in [0.1, 0.15) is 0 Å². The molecule has 0 aromatic carbocycles. The average Bonchev–Trinajstić information content (AvgIpc) is 2.37. The van der Waals surface area contributed by atoms with Crippen LogP contribution in [0.15, 0.2) is 17.2 Å². The van der Waals surface area contributed by atoms with Gasteiger partial charge in [0.15, 0.2) is 5.82 Å². The second-order valence-electron chi connectivity index (χ2n) is 6.15. The molecule has 0 aliphatic rings. The lowest BCUT2D eigenvalue weighted by molar-refractivity contribution is 0.114. The first-order chi connectivity index (χ1) is 9.31. The van der Waals surface area contributed by atoms with Gasteiger partial charge >= 0.3 is 0 Å². The molecule has 20 heavy (non-hydrogen) atoms. The van der Waals surface area contributed by atoms with Crippen LogP contribution in [0.4, 0.5) is 5.82 Å². The first-order valence-corrected chi connectivity index (χ1v) is 7.31. The highest BCUT2D eigenvalue weighted by Gasteiger charge is 2.19. The van der Waals surface area contributed by atoms with Gasteiger partial charge in [0.2, 0.25) is 0 Å². The zero-order valence-corrected chi connectivity index (χ0v) is 13.2. The molecule has 0 saturated heterocycles. The Kier molecular flexibility index (Phi) is 5.74. The summed E-state index contributed by atoms with van der Waals surface area (Å²) in [5.41, 5.74) is -0.443. The lowest BCUT2D eigenvalue weighted by Crippen LogP contribution is -2.36. The number of nitrogens with zero attached hydrogens (tertiary/aromatic N) is 2. The zero-order chi connectivity index (χ0) is 15.3. The Balaban J connectivity index is 2.82. The fourth-order valence-corrected chi connectivity index (χ4v) is 2.26. The molecule has 0 aliphatic carbocycles. The summed E-state index contributed by atoms with van der Waals surface area (Å²) in [6, 6.07) is 0. The number of nitrogens with one attached hydrogen (secondary N) is 1. The smallest absolute Gasteiger partial charge is 0.293 e. The van der Waals surface area contributed by atoms with Crippen LogP contribution in [0.2, 0.25) is 0 Å². The van der Waals surface area contributed by atoms with Gasteiger partial charge in [-0.2, -0.15) is 0 Å². The number of aliphatic hydroxyl groups excluding tert-OH is 1. The molecule has 0 fully saturated rings. The van der Waals surface area contributed by atoms with Gasteiger partial charge in [-0.05, 0) is 26.7 Å². The summed E-state index contributed by atoms with van der Waals surface area (Å²) >= 11 is 0. The average molecular weight is 281 g/mol. The molecular formula is C15H27N3O2. The third kappa shape index (κ3) is 4.07. The van der Waals surface area contributed by atoms with Crippen molar-refractivity contribution in [2.45, 2.75) is 59.1 Å². The topological polar surface area (TPSA) is 67.2 Å². The van der Waals surface area contributed by atoms with E-state index in [1.807, 2.05) is 20.8 Å². The van der Waals surface area contributed by atoms with Crippen molar-refractivity contribution in [3.8, 4) is 0 Å². The van der Waals surface area contributed by atoms with Crippen molar-refractivity contribution < 1.29 is 5.11 Å². The Bertz CT molecular complexity index is 473. The molecule has 1 aromatic rings. The quantitative estimate of drug-likeness (QED) is 0.839. The molecule has 5 heteroatoms. The first kappa shape index (κ1) is 16.7. The van der Waals surface area contributed by atoms with Gasteiger partial charge in [-0.1, -0.05) is 26.7 Å². The molecule has 1 unspecified atom stereocenters. The molecule has 114 valence electrons. The van der Waals surface area contributed by atoms with Gasteiger partial charge in [0, 0.05) is 24.5 Å². The Labute approximate surface area is 121 Å². The van der Waals surface area contributed by atoms with Crippen LogP contribution in [-0.4, -0.2) is 27.3 Å². The Morgan fingerprint density at radius 1 is 1.35 bits per heavy atom. The van der Waals surface area contributed by atoms with E-state index in [0.29, 0.717) is 12.4 Å². The predicted molar refractivity (Wildman–Crippen MR) is 82.1 cm³/mol. The lowest BCUT2D eigenvalue weighted by atomic mass is 9.97. The predicted octanol–water partition coefficient (Wildman–Crippen LogP) is 2.21. The molecule has 0 saturated carbocycles. The SMILES string of the molecule is CCC(CC)C(O)CNc1nccn(C(C)(C)C)c1=O. The zero-order valence-electron chi connectivity index (χ0n) is 13.2. The summed E-state index contributed by atoms with van der Waals surface area (Å²) in [5, 5.41) is 13.1. The van der Waals surface area contributed by atoms with Crippen molar-refractivity contribution in [2.75, 3.05) is 11.9 Å². The molecular weight excluding hydrogens is 254 g/mol. The van der Waals surface area contributed by atoms with Gasteiger partial charge < -0.3 is 15.0 Å². The molecule has 5 nitrogen and oxygen atoms in total. The van der Waals surface area contributed by atoms with E-state index in [1.54, 1.807) is 17.0 Å². The molecule has 0 amide bonds. The van der Waals surface area contributed by atoms with Crippen molar-refractivity contribution in [3.05, 3.63) is 22.7 Å². The van der Waals surface area contributed by atoms with Crippen molar-refractivity contribution >= 4 is 5.82 Å². The number of hydrogen-bond acceptors (Lipinski definition) is 4. The summed E-state index contributed by atoms with van der Waals surface area (Å²) in [7, 11) is 0. The van der Waals surface area contributed by atoms with Crippen LogP contribution in [-0.2, 0) is 5.54 Å². The minimum absolute atomic E-state index is 0.156. The highest BCUT2D eigenvalue weighted by molar-refractivity contribution is 5.31. The highest BCUT2D eigenvalue weighted by atomic mass is 16.3. The van der Waals surface area contributed by atoms with Gasteiger partial charge in [-0.15, -0.1) is 0 Å². The maximum absolute atomic E-state index is 12.3. The Hall–Kier alpha value is -1.36. The molecule has 1 atom stereocenters. The van der Waals surface area contributed by atoms with Crippen LogP contribution in [0.3, 0.4) is 0 Å². The standard InChI is InChI=1S/C15H27N3O2/c1-6-11(7-2)12(19)10-17-13-14(20)18(9-8-16-13)15(3,4)5/h8-9,11-12,19H,6-7,10H2,1-5H3,(H,16,17). The van der Waals surface area contributed by atoms with E-state index in [0.717, 1.165) is 12.8 Å². The first-order valence-electron chi connectivity index (χ1n) is 7.31. The highest BCUT2D eigenvalue weighted by Crippen LogP contribution is 2.14. The van der Waals surface area contributed by atoms with E-state index in [2.05, 4.69) is 24.1 Å². The van der Waals surface area contributed by atoms with Crippen molar-refractivity contribution in [3.63, 3.8) is 0 Å². The molecule has 1 aromatic heterocycles. The van der Waals surface area contributed by atoms with Crippen molar-refractivity contribution in [1.82, 2.24) is 9.55 Å². The summed E-state index contributed by atoms with van der Waals surface area (Å²) in [4.78, 5) is 16.4. The summed E-state index contributed by atoms with van der Waals surface area (Å²) < 4.78 is 1.64. The van der Waals surface area contributed by atoms with Crippen LogP contribution >= 0.6 is 0 Å². The number of aromatic nitrogens is 2. The maximum atomic E-state index is 12.3. The van der Waals surface area contributed by atoms with Crippen molar-refractivity contribution in [1.29, 1.82) is 0 Å². The fraction of sp³-hybridized carbons (Fsp3) is 0.733. The number of rotatable bonds is 6. The lowest BCUT2D eigenvalue weighted by Gasteiger charge is -2.23. The molecule has 1 heterocycles. The van der Waals surface area contributed by atoms with E-state index >= 15 is 0 Å². The van der Waals surface area contributed by atoms with Gasteiger partial charge in [-0.3, -0.25) is 4.79 Å². The van der Waals surface area contributed by atoms with Crippen LogP contribution in [0, 0.1) is 5.92 Å². The summed E-state index contributed by atoms with van der Waals surface area (Å²) in [6.07, 6.45) is 4.68. The number of aliphatic hydroxyl groups is 1. The number of anilines is 1. The van der Waals surface area contributed by atoms with Crippen LogP contribution < -0.4 is 10.9 Å². The molecule has 0 spiro atoms. The fourth-order valence-electron chi connectivity index (χ4n) is 2.26. The van der Waals surface area contributed by atoms with Gasteiger partial charge in [-0.25, -0.2) is 4.98 Å². The maximum Gasteiger partial charge on any atom is 0.293 e.